The molecule has 1 atom stereocenters. The van der Waals surface area contributed by atoms with Gasteiger partial charge >= 0.3 is 0 Å². The molecular formula is C28H27N3O3. The third-order valence-corrected chi connectivity index (χ3v) is 6.88. The molecule has 0 saturated carbocycles. The first-order valence-corrected chi connectivity index (χ1v) is 11.6. The van der Waals surface area contributed by atoms with E-state index in [1.54, 1.807) is 21.9 Å². The summed E-state index contributed by atoms with van der Waals surface area (Å²) in [7, 11) is 0. The van der Waals surface area contributed by atoms with Crippen molar-refractivity contribution in [3.05, 3.63) is 102 Å². The Morgan fingerprint density at radius 2 is 1.50 bits per heavy atom. The molecule has 3 amide bonds. The SMILES string of the molecule is C[C@@]12CCC(=O)N1c1ccccc1C(=O)N2CCC(=O)NC(c1ccccc1)c1ccccc1. The number of amides is 3. The van der Waals surface area contributed by atoms with Gasteiger partial charge in [0.05, 0.1) is 17.3 Å². The van der Waals surface area contributed by atoms with Crippen molar-refractivity contribution in [1.82, 2.24) is 10.2 Å². The number of para-hydroxylation sites is 1. The van der Waals surface area contributed by atoms with Crippen molar-refractivity contribution in [2.45, 2.75) is 37.9 Å². The summed E-state index contributed by atoms with van der Waals surface area (Å²) in [4.78, 5) is 42.7. The fourth-order valence-corrected chi connectivity index (χ4v) is 5.14. The number of hydrogen-bond acceptors (Lipinski definition) is 3. The highest BCUT2D eigenvalue weighted by Gasteiger charge is 2.52. The number of carbonyl (C=O) groups excluding carboxylic acids is 3. The second-order valence-corrected chi connectivity index (χ2v) is 8.99. The van der Waals surface area contributed by atoms with Crippen molar-refractivity contribution in [2.24, 2.45) is 0 Å². The van der Waals surface area contributed by atoms with E-state index in [0.717, 1.165) is 11.1 Å². The third-order valence-electron chi connectivity index (χ3n) is 6.88. The van der Waals surface area contributed by atoms with E-state index in [2.05, 4.69) is 5.32 Å². The molecule has 3 aromatic rings. The number of rotatable bonds is 6. The normalized spacial score (nSPS) is 19.2. The maximum absolute atomic E-state index is 13.4. The summed E-state index contributed by atoms with van der Waals surface area (Å²) in [6.07, 6.45) is 1.07. The summed E-state index contributed by atoms with van der Waals surface area (Å²) in [5, 5.41) is 3.15. The van der Waals surface area contributed by atoms with Gasteiger partial charge in [0.1, 0.15) is 5.66 Å². The van der Waals surface area contributed by atoms with Crippen molar-refractivity contribution in [3.8, 4) is 0 Å². The second kappa shape index (κ2) is 8.78. The molecule has 0 aromatic heterocycles. The molecule has 3 aromatic carbocycles. The van der Waals surface area contributed by atoms with E-state index < -0.39 is 5.66 Å². The molecule has 1 saturated heterocycles. The molecular weight excluding hydrogens is 426 g/mol. The van der Waals surface area contributed by atoms with Crippen LogP contribution >= 0.6 is 0 Å². The highest BCUT2D eigenvalue weighted by Crippen LogP contribution is 2.44. The molecule has 2 aliphatic rings. The predicted molar refractivity (Wildman–Crippen MR) is 130 cm³/mol. The number of anilines is 1. The molecule has 5 rings (SSSR count). The van der Waals surface area contributed by atoms with Gasteiger partial charge in [-0.3, -0.25) is 19.3 Å². The van der Waals surface area contributed by atoms with E-state index in [0.29, 0.717) is 24.1 Å². The molecule has 6 heteroatoms. The first-order chi connectivity index (χ1) is 16.5. The van der Waals surface area contributed by atoms with Crippen LogP contribution in [0, 0.1) is 0 Å². The monoisotopic (exact) mass is 453 g/mol. The van der Waals surface area contributed by atoms with Crippen molar-refractivity contribution in [2.75, 3.05) is 11.4 Å². The molecule has 0 aliphatic carbocycles. The summed E-state index contributed by atoms with van der Waals surface area (Å²) in [6, 6.07) is 26.6. The zero-order valence-electron chi connectivity index (χ0n) is 19.1. The maximum atomic E-state index is 13.4. The van der Waals surface area contributed by atoms with Crippen LogP contribution in [0.2, 0.25) is 0 Å². The standard InChI is InChI=1S/C28H27N3O3/c1-28-18-16-25(33)31(28)23-15-9-8-14-22(23)27(34)30(28)19-17-24(32)29-26(20-10-4-2-5-11-20)21-12-6-3-7-13-21/h2-15,26H,16-19H2,1H3,(H,29,32)/t28-/m0/s1. The van der Waals surface area contributed by atoms with Crippen LogP contribution in [0.4, 0.5) is 5.69 Å². The predicted octanol–water partition coefficient (Wildman–Crippen LogP) is 4.28. The fourth-order valence-electron chi connectivity index (χ4n) is 5.14. The van der Waals surface area contributed by atoms with Gasteiger partial charge in [0, 0.05) is 19.4 Å². The van der Waals surface area contributed by atoms with E-state index in [9.17, 15) is 14.4 Å². The van der Waals surface area contributed by atoms with E-state index in [4.69, 9.17) is 0 Å². The molecule has 6 nitrogen and oxygen atoms in total. The summed E-state index contributed by atoms with van der Waals surface area (Å²) in [5.74, 6) is -0.284. The minimum Gasteiger partial charge on any atom is -0.345 e. The average molecular weight is 454 g/mol. The van der Waals surface area contributed by atoms with Crippen LogP contribution in [0.15, 0.2) is 84.9 Å². The summed E-state index contributed by atoms with van der Waals surface area (Å²) < 4.78 is 0. The Morgan fingerprint density at radius 1 is 0.912 bits per heavy atom. The van der Waals surface area contributed by atoms with Gasteiger partial charge in [0.15, 0.2) is 0 Å². The van der Waals surface area contributed by atoms with Gasteiger partial charge in [0.25, 0.3) is 5.91 Å². The van der Waals surface area contributed by atoms with Crippen LogP contribution in [-0.2, 0) is 9.59 Å². The van der Waals surface area contributed by atoms with Gasteiger partial charge in [-0.25, -0.2) is 0 Å². The number of fused-ring (bicyclic) bond motifs is 3. The Morgan fingerprint density at radius 3 is 2.15 bits per heavy atom. The maximum Gasteiger partial charge on any atom is 0.257 e. The molecule has 0 radical (unpaired) electrons. The van der Waals surface area contributed by atoms with E-state index >= 15 is 0 Å². The van der Waals surface area contributed by atoms with Gasteiger partial charge < -0.3 is 10.2 Å². The van der Waals surface area contributed by atoms with Crippen LogP contribution in [0.3, 0.4) is 0 Å². The highest BCUT2D eigenvalue weighted by atomic mass is 16.2. The van der Waals surface area contributed by atoms with Crippen molar-refractivity contribution < 1.29 is 14.4 Å². The molecule has 34 heavy (non-hydrogen) atoms. The van der Waals surface area contributed by atoms with Gasteiger partial charge in [-0.05, 0) is 36.6 Å². The van der Waals surface area contributed by atoms with Crippen LogP contribution in [0.25, 0.3) is 0 Å². The third kappa shape index (κ3) is 3.75. The second-order valence-electron chi connectivity index (χ2n) is 8.99. The van der Waals surface area contributed by atoms with Crippen LogP contribution < -0.4 is 10.2 Å². The lowest BCUT2D eigenvalue weighted by molar-refractivity contribution is -0.122. The molecule has 1 N–H and O–H groups in total. The fraction of sp³-hybridized carbons (Fsp3) is 0.250. The van der Waals surface area contributed by atoms with Gasteiger partial charge in [-0.1, -0.05) is 72.8 Å². The van der Waals surface area contributed by atoms with E-state index in [1.165, 1.54) is 0 Å². The minimum atomic E-state index is -0.763. The number of nitrogens with one attached hydrogen (secondary N) is 1. The summed E-state index contributed by atoms with van der Waals surface area (Å²) in [5.41, 5.74) is 2.38. The molecule has 0 unspecified atom stereocenters. The van der Waals surface area contributed by atoms with Gasteiger partial charge in [0.2, 0.25) is 11.8 Å². The first kappa shape index (κ1) is 21.9. The van der Waals surface area contributed by atoms with Crippen molar-refractivity contribution >= 4 is 23.4 Å². The molecule has 2 aliphatic heterocycles. The molecule has 2 heterocycles. The largest absolute Gasteiger partial charge is 0.345 e. The Balaban J connectivity index is 1.36. The van der Waals surface area contributed by atoms with Gasteiger partial charge in [-0.15, -0.1) is 0 Å². The average Bonchev–Trinajstić information content (AvgIpc) is 3.18. The zero-order chi connectivity index (χ0) is 23.7. The lowest BCUT2D eigenvalue weighted by Crippen LogP contribution is -2.62. The van der Waals surface area contributed by atoms with Crippen molar-refractivity contribution in [1.29, 1.82) is 0 Å². The molecule has 172 valence electrons. The van der Waals surface area contributed by atoms with Crippen molar-refractivity contribution in [3.63, 3.8) is 0 Å². The molecule has 0 bridgehead atoms. The Bertz CT molecular complexity index is 1190. The highest BCUT2D eigenvalue weighted by molar-refractivity contribution is 6.10. The van der Waals surface area contributed by atoms with Crippen LogP contribution in [0.1, 0.15) is 53.7 Å². The molecule has 0 spiro atoms. The smallest absolute Gasteiger partial charge is 0.257 e. The Kier molecular flexibility index (Phi) is 5.65. The lowest BCUT2D eigenvalue weighted by atomic mass is 9.97. The van der Waals surface area contributed by atoms with E-state index in [1.807, 2.05) is 79.7 Å². The van der Waals surface area contributed by atoms with E-state index in [-0.39, 0.29) is 36.7 Å². The van der Waals surface area contributed by atoms with Crippen LogP contribution in [-0.4, -0.2) is 34.8 Å². The van der Waals surface area contributed by atoms with Crippen LogP contribution in [0.5, 0.6) is 0 Å². The first-order valence-electron chi connectivity index (χ1n) is 11.6. The number of nitrogens with zero attached hydrogens (tertiary/aromatic N) is 2. The zero-order valence-corrected chi connectivity index (χ0v) is 19.1. The number of hydrogen-bond donors (Lipinski definition) is 1. The van der Waals surface area contributed by atoms with Gasteiger partial charge in [-0.2, -0.15) is 0 Å². The lowest BCUT2D eigenvalue weighted by Gasteiger charge is -2.48. The minimum absolute atomic E-state index is 0.00474. The topological polar surface area (TPSA) is 69.7 Å². The Labute approximate surface area is 199 Å². The quantitative estimate of drug-likeness (QED) is 0.606. The number of carbonyl (C=O) groups is 3. The molecule has 1 fully saturated rings. The summed E-state index contributed by atoms with van der Waals surface area (Å²) >= 11 is 0. The Hall–Kier alpha value is -3.93. The summed E-state index contributed by atoms with van der Waals surface area (Å²) in [6.45, 7) is 2.15. The number of benzene rings is 3.